The summed E-state index contributed by atoms with van der Waals surface area (Å²) < 4.78 is 13.4. The summed E-state index contributed by atoms with van der Waals surface area (Å²) in [6, 6.07) is 10.7. The van der Waals surface area contributed by atoms with E-state index in [0.29, 0.717) is 26.2 Å². The number of anilines is 2. The molecule has 0 atom stereocenters. The Kier molecular flexibility index (Phi) is 4.93. The number of carbonyl (C=O) groups excluding carboxylic acids is 1. The Morgan fingerprint density at radius 1 is 1.00 bits per heavy atom. The molecule has 0 aromatic heterocycles. The summed E-state index contributed by atoms with van der Waals surface area (Å²) in [5.41, 5.74) is 5.10. The van der Waals surface area contributed by atoms with Gasteiger partial charge in [-0.05, 0) is 50.1 Å². The molecule has 2 aromatic carbocycles. The first-order valence-corrected chi connectivity index (χ1v) is 8.58. The van der Waals surface area contributed by atoms with Crippen LogP contribution in [0.2, 0.25) is 0 Å². The molecule has 0 aliphatic carbocycles. The second-order valence-corrected chi connectivity index (χ2v) is 6.66. The number of nitrogens with zero attached hydrogens (tertiary/aromatic N) is 2. The van der Waals surface area contributed by atoms with Crippen LogP contribution in [0.15, 0.2) is 36.4 Å². The SMILES string of the molecule is Cc1cc(C)c(NC(=O)N2CCN(c3cccc(F)c3)CC2)c(C)c1. The molecule has 132 valence electrons. The summed E-state index contributed by atoms with van der Waals surface area (Å²) in [5.74, 6) is -0.233. The first-order chi connectivity index (χ1) is 11.9. The highest BCUT2D eigenvalue weighted by Crippen LogP contribution is 2.23. The molecule has 0 spiro atoms. The minimum atomic E-state index is -0.233. The molecule has 5 heteroatoms. The number of halogens is 1. The molecule has 25 heavy (non-hydrogen) atoms. The van der Waals surface area contributed by atoms with E-state index in [1.807, 2.05) is 24.8 Å². The van der Waals surface area contributed by atoms with Gasteiger partial charge < -0.3 is 15.1 Å². The van der Waals surface area contributed by atoms with Gasteiger partial charge in [-0.25, -0.2) is 9.18 Å². The standard InChI is InChI=1S/C20H24FN3O/c1-14-11-15(2)19(16(3)12-14)22-20(25)24-9-7-23(8-10-24)18-6-4-5-17(21)13-18/h4-6,11-13H,7-10H2,1-3H3,(H,22,25). The maximum atomic E-state index is 13.4. The van der Waals surface area contributed by atoms with Gasteiger partial charge in [-0.15, -0.1) is 0 Å². The first kappa shape index (κ1) is 17.3. The number of urea groups is 1. The van der Waals surface area contributed by atoms with Gasteiger partial charge in [0.25, 0.3) is 0 Å². The van der Waals surface area contributed by atoms with E-state index in [2.05, 4.69) is 29.3 Å². The predicted octanol–water partition coefficient (Wildman–Crippen LogP) is 4.11. The molecule has 1 heterocycles. The lowest BCUT2D eigenvalue weighted by Gasteiger charge is -2.36. The van der Waals surface area contributed by atoms with Gasteiger partial charge >= 0.3 is 6.03 Å². The van der Waals surface area contributed by atoms with E-state index in [1.54, 1.807) is 6.07 Å². The fourth-order valence-corrected chi connectivity index (χ4v) is 3.40. The van der Waals surface area contributed by atoms with Crippen LogP contribution in [0.25, 0.3) is 0 Å². The smallest absolute Gasteiger partial charge is 0.321 e. The van der Waals surface area contributed by atoms with Crippen molar-refractivity contribution in [3.05, 3.63) is 58.9 Å². The molecule has 0 saturated carbocycles. The maximum Gasteiger partial charge on any atom is 0.321 e. The van der Waals surface area contributed by atoms with E-state index in [1.165, 1.54) is 17.7 Å². The van der Waals surface area contributed by atoms with Crippen molar-refractivity contribution in [3.63, 3.8) is 0 Å². The minimum absolute atomic E-state index is 0.0751. The molecule has 3 rings (SSSR count). The van der Waals surface area contributed by atoms with Gasteiger partial charge in [0.05, 0.1) is 0 Å². The molecule has 4 nitrogen and oxygen atoms in total. The van der Waals surface area contributed by atoms with Gasteiger partial charge in [0.15, 0.2) is 0 Å². The molecule has 1 aliphatic rings. The van der Waals surface area contributed by atoms with Crippen LogP contribution in [0.1, 0.15) is 16.7 Å². The van der Waals surface area contributed by atoms with Gasteiger partial charge in [0.2, 0.25) is 0 Å². The number of benzene rings is 2. The number of piperazine rings is 1. The topological polar surface area (TPSA) is 35.6 Å². The zero-order valence-corrected chi connectivity index (χ0v) is 15.0. The number of nitrogens with one attached hydrogen (secondary N) is 1. The second-order valence-electron chi connectivity index (χ2n) is 6.66. The Bertz CT molecular complexity index is 759. The van der Waals surface area contributed by atoms with E-state index < -0.39 is 0 Å². The van der Waals surface area contributed by atoms with Crippen LogP contribution in [0.5, 0.6) is 0 Å². The van der Waals surface area contributed by atoms with Crippen LogP contribution >= 0.6 is 0 Å². The fraction of sp³-hybridized carbons (Fsp3) is 0.350. The number of amides is 2. The third-order valence-corrected chi connectivity index (χ3v) is 4.65. The highest BCUT2D eigenvalue weighted by molar-refractivity contribution is 5.91. The average molecular weight is 341 g/mol. The van der Waals surface area contributed by atoms with E-state index in [-0.39, 0.29) is 11.8 Å². The van der Waals surface area contributed by atoms with Crippen LogP contribution in [0.3, 0.4) is 0 Å². The van der Waals surface area contributed by atoms with Gasteiger partial charge in [-0.3, -0.25) is 0 Å². The van der Waals surface area contributed by atoms with Crippen LogP contribution in [-0.4, -0.2) is 37.1 Å². The number of carbonyl (C=O) groups is 1. The van der Waals surface area contributed by atoms with Crippen molar-refractivity contribution in [2.75, 3.05) is 36.4 Å². The van der Waals surface area contributed by atoms with Crippen molar-refractivity contribution >= 4 is 17.4 Å². The zero-order chi connectivity index (χ0) is 18.0. The fourth-order valence-electron chi connectivity index (χ4n) is 3.40. The Morgan fingerprint density at radius 2 is 1.64 bits per heavy atom. The van der Waals surface area contributed by atoms with Crippen LogP contribution in [0.4, 0.5) is 20.6 Å². The lowest BCUT2D eigenvalue weighted by Crippen LogP contribution is -2.50. The van der Waals surface area contributed by atoms with Crippen LogP contribution < -0.4 is 10.2 Å². The van der Waals surface area contributed by atoms with E-state index in [4.69, 9.17) is 0 Å². The Balaban J connectivity index is 1.62. The van der Waals surface area contributed by atoms with Gasteiger partial charge in [-0.1, -0.05) is 23.8 Å². The van der Waals surface area contributed by atoms with E-state index >= 15 is 0 Å². The molecule has 1 N–H and O–H groups in total. The predicted molar refractivity (Wildman–Crippen MR) is 99.9 cm³/mol. The quantitative estimate of drug-likeness (QED) is 0.892. The summed E-state index contributed by atoms with van der Waals surface area (Å²) in [7, 11) is 0. The zero-order valence-electron chi connectivity index (χ0n) is 15.0. The van der Waals surface area contributed by atoms with Crippen LogP contribution in [-0.2, 0) is 0 Å². The summed E-state index contributed by atoms with van der Waals surface area (Å²) in [5, 5.41) is 3.05. The van der Waals surface area contributed by atoms with Gasteiger partial charge in [0, 0.05) is 37.6 Å². The minimum Gasteiger partial charge on any atom is -0.368 e. The summed E-state index contributed by atoms with van der Waals surface area (Å²) in [6.45, 7) is 8.70. The maximum absolute atomic E-state index is 13.4. The normalized spacial score (nSPS) is 14.6. The first-order valence-electron chi connectivity index (χ1n) is 8.58. The molecule has 1 saturated heterocycles. The van der Waals surface area contributed by atoms with Crippen LogP contribution in [0, 0.1) is 26.6 Å². The van der Waals surface area contributed by atoms with Crippen molar-refractivity contribution in [2.45, 2.75) is 20.8 Å². The van der Waals surface area contributed by atoms with Crippen molar-refractivity contribution in [1.82, 2.24) is 4.90 Å². The molecule has 1 fully saturated rings. The number of hydrogen-bond donors (Lipinski definition) is 1. The molecular formula is C20H24FN3O. The lowest BCUT2D eigenvalue weighted by molar-refractivity contribution is 0.208. The lowest BCUT2D eigenvalue weighted by atomic mass is 10.1. The Labute approximate surface area is 148 Å². The van der Waals surface area contributed by atoms with Crippen molar-refractivity contribution in [1.29, 1.82) is 0 Å². The number of rotatable bonds is 2. The molecule has 2 aromatic rings. The highest BCUT2D eigenvalue weighted by atomic mass is 19.1. The monoisotopic (exact) mass is 341 g/mol. The van der Waals surface area contributed by atoms with E-state index in [9.17, 15) is 9.18 Å². The van der Waals surface area contributed by atoms with Crippen molar-refractivity contribution in [3.8, 4) is 0 Å². The van der Waals surface area contributed by atoms with Gasteiger partial charge in [0.1, 0.15) is 5.82 Å². The number of aryl methyl sites for hydroxylation is 3. The second kappa shape index (κ2) is 7.13. The van der Waals surface area contributed by atoms with Gasteiger partial charge in [-0.2, -0.15) is 0 Å². The molecule has 1 aliphatic heterocycles. The van der Waals surface area contributed by atoms with Crippen molar-refractivity contribution in [2.24, 2.45) is 0 Å². The average Bonchev–Trinajstić information content (AvgIpc) is 2.58. The summed E-state index contributed by atoms with van der Waals surface area (Å²) in [6.07, 6.45) is 0. The molecule has 0 radical (unpaired) electrons. The number of hydrogen-bond acceptors (Lipinski definition) is 2. The molecule has 0 unspecified atom stereocenters. The molecule has 0 bridgehead atoms. The molecule has 2 amide bonds. The highest BCUT2D eigenvalue weighted by Gasteiger charge is 2.22. The molecular weight excluding hydrogens is 317 g/mol. The Morgan fingerprint density at radius 3 is 2.24 bits per heavy atom. The summed E-state index contributed by atoms with van der Waals surface area (Å²) >= 11 is 0. The van der Waals surface area contributed by atoms with Crippen molar-refractivity contribution < 1.29 is 9.18 Å². The third-order valence-electron chi connectivity index (χ3n) is 4.65. The van der Waals surface area contributed by atoms with E-state index in [0.717, 1.165) is 22.5 Å². The summed E-state index contributed by atoms with van der Waals surface area (Å²) in [4.78, 5) is 16.5. The Hall–Kier alpha value is -2.56. The third kappa shape index (κ3) is 3.92. The largest absolute Gasteiger partial charge is 0.368 e.